The maximum absolute atomic E-state index is 13.5. The second kappa shape index (κ2) is 12.7. The Hall–Kier alpha value is -4.95. The number of anilines is 1. The molecule has 7 nitrogen and oxygen atoms in total. The number of hydrogen-bond acceptors (Lipinski definition) is 5. The summed E-state index contributed by atoms with van der Waals surface area (Å²) >= 11 is 0. The van der Waals surface area contributed by atoms with Gasteiger partial charge in [0.2, 0.25) is 0 Å². The molecule has 5 rings (SSSR count). The number of hydrogen-bond donors (Lipinski definition) is 1. The van der Waals surface area contributed by atoms with E-state index in [0.29, 0.717) is 18.0 Å². The Balaban J connectivity index is 1.23. The van der Waals surface area contributed by atoms with Crippen molar-refractivity contribution in [3.05, 3.63) is 138 Å². The molecule has 0 aliphatic heterocycles. The van der Waals surface area contributed by atoms with Gasteiger partial charge in [0, 0.05) is 0 Å². The largest absolute Gasteiger partial charge is 0.489 e. The van der Waals surface area contributed by atoms with Crippen LogP contribution in [0, 0.1) is 13.8 Å². The van der Waals surface area contributed by atoms with E-state index in [1.54, 1.807) is 30.3 Å². The van der Waals surface area contributed by atoms with Crippen LogP contribution in [0.1, 0.15) is 22.3 Å². The fourth-order valence-corrected chi connectivity index (χ4v) is 6.13. The molecule has 0 aliphatic carbocycles. The summed E-state index contributed by atoms with van der Waals surface area (Å²) in [6.45, 7) is 3.77. The first kappa shape index (κ1) is 28.6. The molecule has 0 atom stereocenters. The first-order valence-corrected chi connectivity index (χ1v) is 14.9. The Morgan fingerprint density at radius 2 is 1.50 bits per heavy atom. The van der Waals surface area contributed by atoms with Crippen molar-refractivity contribution >= 4 is 38.6 Å². The molecular weight excluding hydrogens is 546 g/mol. The molecule has 0 heterocycles. The van der Waals surface area contributed by atoms with Gasteiger partial charge in [-0.2, -0.15) is 5.10 Å². The lowest BCUT2D eigenvalue weighted by Gasteiger charge is -2.24. The maximum Gasteiger partial charge on any atom is 0.264 e. The number of carbonyl (C=O) groups is 1. The van der Waals surface area contributed by atoms with E-state index < -0.39 is 22.5 Å². The minimum Gasteiger partial charge on any atom is -0.489 e. The number of fused-ring (bicyclic) bond motifs is 1. The van der Waals surface area contributed by atoms with Crippen LogP contribution in [-0.4, -0.2) is 27.1 Å². The van der Waals surface area contributed by atoms with Gasteiger partial charge in [0.25, 0.3) is 15.9 Å². The number of hydrazone groups is 1. The summed E-state index contributed by atoms with van der Waals surface area (Å²) in [7, 11) is -4.00. The molecule has 8 heteroatoms. The third-order valence-electron chi connectivity index (χ3n) is 6.67. The van der Waals surface area contributed by atoms with Gasteiger partial charge < -0.3 is 4.74 Å². The molecule has 42 heavy (non-hydrogen) atoms. The molecule has 0 bridgehead atoms. The van der Waals surface area contributed by atoms with Crippen molar-refractivity contribution in [1.82, 2.24) is 5.43 Å². The van der Waals surface area contributed by atoms with Crippen molar-refractivity contribution in [3.8, 4) is 5.75 Å². The van der Waals surface area contributed by atoms with Crippen LogP contribution in [-0.2, 0) is 21.4 Å². The fraction of sp³-hybridized carbons (Fsp3) is 0.118. The quantitative estimate of drug-likeness (QED) is 0.154. The highest BCUT2D eigenvalue weighted by molar-refractivity contribution is 7.92. The van der Waals surface area contributed by atoms with Crippen LogP contribution in [0.5, 0.6) is 5.75 Å². The molecule has 0 aromatic heterocycles. The third kappa shape index (κ3) is 6.85. The predicted octanol–water partition coefficient (Wildman–Crippen LogP) is 6.38. The molecule has 0 aliphatic rings. The van der Waals surface area contributed by atoms with Crippen LogP contribution in [0.15, 0.2) is 125 Å². The van der Waals surface area contributed by atoms with Gasteiger partial charge in [-0.3, -0.25) is 9.10 Å². The Morgan fingerprint density at radius 1 is 0.833 bits per heavy atom. The number of aryl methyl sites for hydroxylation is 2. The molecule has 1 amide bonds. The fourth-order valence-electron chi connectivity index (χ4n) is 4.70. The molecule has 5 aromatic rings. The van der Waals surface area contributed by atoms with Crippen molar-refractivity contribution in [2.75, 3.05) is 10.8 Å². The standard InChI is InChI=1S/C34H31N3O4S/c1-25-19-26(2)21-30(20-25)37(42(39,40)32-12-4-3-5-13-32)23-34(38)36-35-22-27-15-17-31(18-16-27)41-24-29-11-8-10-28-9-6-7-14-33(28)29/h3-22H,23-24H2,1-2H3,(H,36,38)/b35-22+. The Morgan fingerprint density at radius 3 is 2.24 bits per heavy atom. The van der Waals surface area contributed by atoms with E-state index in [0.717, 1.165) is 31.9 Å². The lowest BCUT2D eigenvalue weighted by Crippen LogP contribution is -2.39. The molecule has 0 saturated carbocycles. The van der Waals surface area contributed by atoms with Crippen LogP contribution in [0.4, 0.5) is 5.69 Å². The molecule has 0 saturated heterocycles. The molecule has 212 valence electrons. The van der Waals surface area contributed by atoms with E-state index in [1.165, 1.54) is 23.7 Å². The van der Waals surface area contributed by atoms with Crippen molar-refractivity contribution in [3.63, 3.8) is 0 Å². The number of rotatable bonds is 10. The van der Waals surface area contributed by atoms with Crippen molar-refractivity contribution < 1.29 is 17.9 Å². The van der Waals surface area contributed by atoms with E-state index in [4.69, 9.17) is 4.74 Å². The van der Waals surface area contributed by atoms with E-state index in [9.17, 15) is 13.2 Å². The van der Waals surface area contributed by atoms with Gasteiger partial charge in [-0.25, -0.2) is 13.8 Å². The normalized spacial score (nSPS) is 11.5. The van der Waals surface area contributed by atoms with Gasteiger partial charge in [0.1, 0.15) is 18.9 Å². The summed E-state index contributed by atoms with van der Waals surface area (Å²) in [5, 5.41) is 6.38. The average Bonchev–Trinajstić information content (AvgIpc) is 2.99. The zero-order chi connectivity index (χ0) is 29.5. The van der Waals surface area contributed by atoms with E-state index in [1.807, 2.05) is 62.4 Å². The number of benzene rings is 5. The Bertz CT molecular complexity index is 1810. The van der Waals surface area contributed by atoms with Crippen LogP contribution in [0.2, 0.25) is 0 Å². The smallest absolute Gasteiger partial charge is 0.264 e. The lowest BCUT2D eigenvalue weighted by atomic mass is 10.1. The van der Waals surface area contributed by atoms with Gasteiger partial charge in [-0.15, -0.1) is 0 Å². The Kier molecular flexibility index (Phi) is 8.64. The summed E-state index contributed by atoms with van der Waals surface area (Å²) in [6.07, 6.45) is 1.50. The highest BCUT2D eigenvalue weighted by Gasteiger charge is 2.27. The van der Waals surface area contributed by atoms with Crippen LogP contribution >= 0.6 is 0 Å². The average molecular weight is 578 g/mol. The molecular formula is C34H31N3O4S. The number of nitrogens with one attached hydrogen (secondary N) is 1. The van der Waals surface area contributed by atoms with Crippen molar-refractivity contribution in [2.24, 2.45) is 5.10 Å². The van der Waals surface area contributed by atoms with Crippen molar-refractivity contribution in [2.45, 2.75) is 25.3 Å². The van der Waals surface area contributed by atoms with E-state index in [-0.39, 0.29) is 4.90 Å². The molecule has 0 unspecified atom stereocenters. The van der Waals surface area contributed by atoms with Gasteiger partial charge in [-0.1, -0.05) is 66.7 Å². The molecule has 0 spiro atoms. The molecule has 0 fully saturated rings. The predicted molar refractivity (Wildman–Crippen MR) is 167 cm³/mol. The second-order valence-corrected chi connectivity index (χ2v) is 11.8. The van der Waals surface area contributed by atoms with Gasteiger partial charge in [0.15, 0.2) is 0 Å². The highest BCUT2D eigenvalue weighted by Crippen LogP contribution is 2.26. The maximum atomic E-state index is 13.5. The third-order valence-corrected chi connectivity index (χ3v) is 8.46. The second-order valence-electron chi connectivity index (χ2n) is 9.96. The van der Waals surface area contributed by atoms with Gasteiger partial charge in [-0.05, 0) is 95.4 Å². The topological polar surface area (TPSA) is 88.1 Å². The number of nitrogens with zero attached hydrogens (tertiary/aromatic N) is 2. The van der Waals surface area contributed by atoms with E-state index in [2.05, 4.69) is 34.8 Å². The first-order valence-electron chi connectivity index (χ1n) is 13.5. The van der Waals surface area contributed by atoms with Crippen LogP contribution in [0.3, 0.4) is 0 Å². The number of ether oxygens (including phenoxy) is 1. The number of amides is 1. The molecule has 1 N–H and O–H groups in total. The lowest BCUT2D eigenvalue weighted by molar-refractivity contribution is -0.119. The summed E-state index contributed by atoms with van der Waals surface area (Å²) in [5.74, 6) is 0.138. The highest BCUT2D eigenvalue weighted by atomic mass is 32.2. The monoisotopic (exact) mass is 577 g/mol. The van der Waals surface area contributed by atoms with E-state index >= 15 is 0 Å². The van der Waals surface area contributed by atoms with Crippen LogP contribution in [0.25, 0.3) is 10.8 Å². The summed E-state index contributed by atoms with van der Waals surface area (Å²) < 4.78 is 34.1. The molecule has 5 aromatic carbocycles. The number of sulfonamides is 1. The zero-order valence-electron chi connectivity index (χ0n) is 23.4. The summed E-state index contributed by atoms with van der Waals surface area (Å²) in [5.41, 5.74) is 6.50. The summed E-state index contributed by atoms with van der Waals surface area (Å²) in [4.78, 5) is 13.0. The molecule has 0 radical (unpaired) electrons. The minimum atomic E-state index is -4.00. The van der Waals surface area contributed by atoms with Crippen LogP contribution < -0.4 is 14.5 Å². The summed E-state index contributed by atoms with van der Waals surface area (Å²) in [6, 6.07) is 35.2. The van der Waals surface area contributed by atoms with Crippen molar-refractivity contribution in [1.29, 1.82) is 0 Å². The zero-order valence-corrected chi connectivity index (χ0v) is 24.2. The minimum absolute atomic E-state index is 0.100. The SMILES string of the molecule is Cc1cc(C)cc(N(CC(=O)N/N=C/c2ccc(OCc3cccc4ccccc34)cc2)S(=O)(=O)c2ccccc2)c1. The first-order chi connectivity index (χ1) is 20.3. The van der Waals surface area contributed by atoms with Gasteiger partial charge >= 0.3 is 0 Å². The number of carbonyl (C=O) groups excluding carboxylic acids is 1. The Labute approximate surface area is 246 Å². The van der Waals surface area contributed by atoms with Gasteiger partial charge in [0.05, 0.1) is 16.8 Å².